The number of piperazine rings is 1. The molecule has 0 atom stereocenters. The van der Waals surface area contributed by atoms with Gasteiger partial charge in [0.1, 0.15) is 10.6 Å². The Balaban J connectivity index is 1.55. The van der Waals surface area contributed by atoms with Crippen LogP contribution < -0.4 is 0 Å². The summed E-state index contributed by atoms with van der Waals surface area (Å²) in [6.45, 7) is 7.24. The van der Waals surface area contributed by atoms with Gasteiger partial charge in [0.15, 0.2) is 0 Å². The average molecular weight is 425 g/mol. The molecule has 158 valence electrons. The second-order valence-electron chi connectivity index (χ2n) is 7.95. The lowest BCUT2D eigenvalue weighted by Gasteiger charge is -2.33. The molecule has 2 aromatic carbocycles. The van der Waals surface area contributed by atoms with E-state index in [2.05, 4.69) is 22.1 Å². The molecular weight excluding hydrogens is 396 g/mol. The molecule has 0 radical (unpaired) electrons. The van der Waals surface area contributed by atoms with Crippen LogP contribution in [-0.2, 0) is 16.6 Å². The summed E-state index contributed by atoms with van der Waals surface area (Å²) < 4.78 is 30.4. The molecule has 1 fully saturated rings. The van der Waals surface area contributed by atoms with Crippen LogP contribution in [0.15, 0.2) is 71.8 Å². The zero-order chi connectivity index (χ0) is 21.1. The Morgan fingerprint density at radius 1 is 0.900 bits per heavy atom. The third kappa shape index (κ3) is 4.33. The number of rotatable bonds is 6. The lowest BCUT2D eigenvalue weighted by Crippen LogP contribution is -2.48. The SMILES string of the molecule is CC(C)n1cc(S(=O)(=O)N2CCN(Cc3ccccc3)CC2)c(-c2ccccc2)n1. The van der Waals surface area contributed by atoms with Crippen molar-refractivity contribution in [2.24, 2.45) is 0 Å². The standard InChI is InChI=1S/C23H28N4O2S/c1-19(2)27-18-22(23(24-27)21-11-7-4-8-12-21)30(28,29)26-15-13-25(14-16-26)17-20-9-5-3-6-10-20/h3-12,18-19H,13-17H2,1-2H3. The highest BCUT2D eigenvalue weighted by atomic mass is 32.2. The molecule has 0 bridgehead atoms. The van der Waals surface area contributed by atoms with E-state index in [0.29, 0.717) is 36.8 Å². The van der Waals surface area contributed by atoms with Crippen LogP contribution in [0.2, 0.25) is 0 Å². The van der Waals surface area contributed by atoms with Crippen molar-refractivity contribution in [1.82, 2.24) is 19.0 Å². The van der Waals surface area contributed by atoms with Gasteiger partial charge in [-0.2, -0.15) is 9.40 Å². The molecule has 1 saturated heterocycles. The Bertz CT molecular complexity index is 1070. The summed E-state index contributed by atoms with van der Waals surface area (Å²) in [5, 5.41) is 4.61. The second kappa shape index (κ2) is 8.71. The molecule has 3 aromatic rings. The van der Waals surface area contributed by atoms with Gasteiger partial charge in [0.2, 0.25) is 10.0 Å². The minimum absolute atomic E-state index is 0.0825. The lowest BCUT2D eigenvalue weighted by atomic mass is 10.2. The fourth-order valence-corrected chi connectivity index (χ4v) is 5.30. The van der Waals surface area contributed by atoms with Gasteiger partial charge >= 0.3 is 0 Å². The Morgan fingerprint density at radius 3 is 2.10 bits per heavy atom. The van der Waals surface area contributed by atoms with Gasteiger partial charge in [0, 0.05) is 50.5 Å². The van der Waals surface area contributed by atoms with Crippen LogP contribution in [0.1, 0.15) is 25.5 Å². The number of sulfonamides is 1. The van der Waals surface area contributed by atoms with Gasteiger partial charge in [-0.1, -0.05) is 60.7 Å². The summed E-state index contributed by atoms with van der Waals surface area (Å²) in [6.07, 6.45) is 1.68. The highest BCUT2D eigenvalue weighted by Crippen LogP contribution is 2.30. The van der Waals surface area contributed by atoms with E-state index in [1.807, 2.05) is 62.4 Å². The number of benzene rings is 2. The van der Waals surface area contributed by atoms with Crippen molar-refractivity contribution in [2.75, 3.05) is 26.2 Å². The molecule has 1 aliphatic heterocycles. The summed E-state index contributed by atoms with van der Waals surface area (Å²) in [5.74, 6) is 0. The zero-order valence-corrected chi connectivity index (χ0v) is 18.3. The zero-order valence-electron chi connectivity index (χ0n) is 17.5. The van der Waals surface area contributed by atoms with Gasteiger partial charge in [-0.05, 0) is 19.4 Å². The van der Waals surface area contributed by atoms with Crippen molar-refractivity contribution < 1.29 is 8.42 Å². The molecule has 0 amide bonds. The molecule has 0 spiro atoms. The number of hydrogen-bond acceptors (Lipinski definition) is 4. The van der Waals surface area contributed by atoms with Gasteiger partial charge in [-0.15, -0.1) is 0 Å². The Kier molecular flexibility index (Phi) is 6.04. The second-order valence-corrected chi connectivity index (χ2v) is 9.85. The maximum Gasteiger partial charge on any atom is 0.246 e. The third-order valence-corrected chi connectivity index (χ3v) is 7.37. The predicted octanol–water partition coefficient (Wildman–Crippen LogP) is 3.64. The van der Waals surface area contributed by atoms with E-state index in [0.717, 1.165) is 12.1 Å². The smallest absolute Gasteiger partial charge is 0.246 e. The molecule has 0 N–H and O–H groups in total. The lowest BCUT2D eigenvalue weighted by molar-refractivity contribution is 0.181. The van der Waals surface area contributed by atoms with Gasteiger partial charge in [0.25, 0.3) is 0 Å². The molecule has 1 aromatic heterocycles. The van der Waals surface area contributed by atoms with Crippen LogP contribution in [0.25, 0.3) is 11.3 Å². The topological polar surface area (TPSA) is 58.4 Å². The van der Waals surface area contributed by atoms with Crippen LogP contribution in [0.5, 0.6) is 0 Å². The van der Waals surface area contributed by atoms with Gasteiger partial charge in [0.05, 0.1) is 0 Å². The summed E-state index contributed by atoms with van der Waals surface area (Å²) >= 11 is 0. The average Bonchev–Trinajstić information content (AvgIpc) is 3.22. The van der Waals surface area contributed by atoms with Crippen molar-refractivity contribution in [3.05, 3.63) is 72.4 Å². The molecule has 6 nitrogen and oxygen atoms in total. The largest absolute Gasteiger partial charge is 0.296 e. The number of hydrogen-bond donors (Lipinski definition) is 0. The van der Waals surface area contributed by atoms with Crippen molar-refractivity contribution in [3.63, 3.8) is 0 Å². The van der Waals surface area contributed by atoms with Gasteiger partial charge in [-0.25, -0.2) is 8.42 Å². The first kappa shape index (κ1) is 20.8. The quantitative estimate of drug-likeness (QED) is 0.606. The Labute approximate surface area is 178 Å². The number of nitrogens with zero attached hydrogens (tertiary/aromatic N) is 4. The van der Waals surface area contributed by atoms with Crippen molar-refractivity contribution in [3.8, 4) is 11.3 Å². The van der Waals surface area contributed by atoms with E-state index < -0.39 is 10.0 Å². The summed E-state index contributed by atoms with van der Waals surface area (Å²) in [4.78, 5) is 2.59. The molecule has 1 aliphatic rings. The predicted molar refractivity (Wildman–Crippen MR) is 119 cm³/mol. The molecular formula is C23H28N4O2S. The molecule has 0 saturated carbocycles. The molecule has 2 heterocycles. The van der Waals surface area contributed by atoms with Crippen LogP contribution in [-0.4, -0.2) is 53.6 Å². The number of aromatic nitrogens is 2. The van der Waals surface area contributed by atoms with Crippen molar-refractivity contribution in [1.29, 1.82) is 0 Å². The maximum atomic E-state index is 13.5. The Morgan fingerprint density at radius 2 is 1.50 bits per heavy atom. The molecule has 0 unspecified atom stereocenters. The van der Waals surface area contributed by atoms with E-state index in [-0.39, 0.29) is 6.04 Å². The van der Waals surface area contributed by atoms with E-state index in [1.165, 1.54) is 5.56 Å². The first-order chi connectivity index (χ1) is 14.4. The van der Waals surface area contributed by atoms with Crippen molar-refractivity contribution >= 4 is 10.0 Å². The highest BCUT2D eigenvalue weighted by molar-refractivity contribution is 7.89. The Hall–Kier alpha value is -2.48. The first-order valence-corrected chi connectivity index (χ1v) is 11.8. The van der Waals surface area contributed by atoms with E-state index in [9.17, 15) is 8.42 Å². The van der Waals surface area contributed by atoms with Gasteiger partial charge < -0.3 is 0 Å². The summed E-state index contributed by atoms with van der Waals surface area (Å²) in [7, 11) is -3.63. The fraction of sp³-hybridized carbons (Fsp3) is 0.348. The van der Waals surface area contributed by atoms with Crippen LogP contribution in [0.3, 0.4) is 0 Å². The minimum Gasteiger partial charge on any atom is -0.296 e. The van der Waals surface area contributed by atoms with E-state index in [1.54, 1.807) is 15.2 Å². The summed E-state index contributed by atoms with van der Waals surface area (Å²) in [5.41, 5.74) is 2.59. The molecule has 30 heavy (non-hydrogen) atoms. The minimum atomic E-state index is -3.63. The monoisotopic (exact) mass is 424 g/mol. The van der Waals surface area contributed by atoms with Crippen LogP contribution in [0.4, 0.5) is 0 Å². The van der Waals surface area contributed by atoms with E-state index >= 15 is 0 Å². The normalized spacial score (nSPS) is 16.2. The maximum absolute atomic E-state index is 13.5. The molecule has 0 aliphatic carbocycles. The molecule has 4 rings (SSSR count). The van der Waals surface area contributed by atoms with E-state index in [4.69, 9.17) is 0 Å². The van der Waals surface area contributed by atoms with Crippen LogP contribution in [0, 0.1) is 0 Å². The fourth-order valence-electron chi connectivity index (χ4n) is 3.73. The molecule has 7 heteroatoms. The third-order valence-electron chi connectivity index (χ3n) is 5.47. The van der Waals surface area contributed by atoms with Gasteiger partial charge in [-0.3, -0.25) is 9.58 Å². The van der Waals surface area contributed by atoms with Crippen molar-refractivity contribution in [2.45, 2.75) is 31.3 Å². The van der Waals surface area contributed by atoms with Crippen LogP contribution >= 0.6 is 0 Å². The first-order valence-electron chi connectivity index (χ1n) is 10.4. The summed E-state index contributed by atoms with van der Waals surface area (Å²) in [6, 6.07) is 19.9. The highest BCUT2D eigenvalue weighted by Gasteiger charge is 2.32.